The number of carbonyl (C=O) groups is 5. The van der Waals surface area contributed by atoms with Crippen LogP contribution in [0.4, 0.5) is 5.00 Å². The summed E-state index contributed by atoms with van der Waals surface area (Å²) in [5, 5.41) is 27.5. The number of amides is 4. The van der Waals surface area contributed by atoms with Gasteiger partial charge in [0.05, 0.1) is 33.0 Å². The molecule has 3 N–H and O–H groups in total. The molecule has 64 heavy (non-hydrogen) atoms. The number of anilines is 1. The number of benzene rings is 1. The Morgan fingerprint density at radius 1 is 0.906 bits per heavy atom. The van der Waals surface area contributed by atoms with Crippen molar-refractivity contribution < 1.29 is 29.1 Å². The second kappa shape index (κ2) is 23.5. The van der Waals surface area contributed by atoms with Crippen molar-refractivity contribution in [3.63, 3.8) is 0 Å². The number of unbranched alkanes of at least 4 members (excludes halogenated alkanes) is 7. The first-order valence-corrected chi connectivity index (χ1v) is 24.3. The molecule has 1 aromatic carbocycles. The quantitative estimate of drug-likeness (QED) is 0.0635. The molecule has 4 amide bonds. The summed E-state index contributed by atoms with van der Waals surface area (Å²) in [6, 6.07) is 7.56. The number of piperazine rings is 1. The summed E-state index contributed by atoms with van der Waals surface area (Å²) in [5.41, 5.74) is 4.61. The van der Waals surface area contributed by atoms with Gasteiger partial charge in [-0.3, -0.25) is 34.1 Å². The van der Waals surface area contributed by atoms with E-state index in [1.165, 1.54) is 0 Å². The number of aryl methyl sites for hydroxylation is 1. The fourth-order valence-electron chi connectivity index (χ4n) is 8.48. The lowest BCUT2D eigenvalue weighted by atomic mass is 9.94. The minimum absolute atomic E-state index is 0.0136. The van der Waals surface area contributed by atoms with Crippen molar-refractivity contribution in [1.29, 1.82) is 5.41 Å². The molecule has 344 valence electrons. The van der Waals surface area contributed by atoms with Crippen LogP contribution in [0.25, 0.3) is 16.8 Å². The molecule has 3 aliphatic rings. The van der Waals surface area contributed by atoms with Crippen LogP contribution >= 0.6 is 34.5 Å². The van der Waals surface area contributed by atoms with Crippen molar-refractivity contribution in [1.82, 2.24) is 24.9 Å². The van der Waals surface area contributed by atoms with E-state index in [0.29, 0.717) is 97.8 Å². The summed E-state index contributed by atoms with van der Waals surface area (Å²) in [5.74, 6) is 0.204. The summed E-state index contributed by atoms with van der Waals surface area (Å²) < 4.78 is 1.76. The fourth-order valence-corrected chi connectivity index (χ4v) is 9.98. The maximum Gasteiger partial charge on any atom is 0.248 e. The number of aliphatic hydroxyl groups excluding tert-OH is 1. The topological polar surface area (TPSA) is 169 Å². The molecule has 0 saturated carbocycles. The highest BCUT2D eigenvalue weighted by molar-refractivity contribution is 7.16. The van der Waals surface area contributed by atoms with E-state index in [1.54, 1.807) is 42.9 Å². The molecule has 0 bridgehead atoms. The molecule has 4 heterocycles. The number of nitrogens with zero attached hydrogens (tertiary/aromatic N) is 5. The third kappa shape index (κ3) is 12.8. The van der Waals surface area contributed by atoms with Gasteiger partial charge in [0.2, 0.25) is 23.6 Å². The lowest BCUT2D eigenvalue weighted by Gasteiger charge is -2.33. The predicted molar refractivity (Wildman–Crippen MR) is 254 cm³/mol. The number of Topliss-reactive ketones (excluding diaryl/α,β-unsaturated/α-hetero) is 1. The Morgan fingerprint density at radius 2 is 1.64 bits per heavy atom. The molecule has 2 aliphatic heterocycles. The molecular weight excluding hydrogens is 874 g/mol. The van der Waals surface area contributed by atoms with E-state index in [2.05, 4.69) is 19.2 Å². The molecular formula is C48H61Cl2N7O6S. The first kappa shape index (κ1) is 48.8. The number of aromatic nitrogens is 2. The molecule has 1 aliphatic carbocycles. The Hall–Kier alpha value is -4.63. The van der Waals surface area contributed by atoms with Gasteiger partial charge in [0.15, 0.2) is 0 Å². The van der Waals surface area contributed by atoms with E-state index >= 15 is 0 Å². The number of ketones is 1. The molecule has 6 rings (SSSR count). The van der Waals surface area contributed by atoms with Crippen molar-refractivity contribution in [2.24, 2.45) is 5.92 Å². The minimum atomic E-state index is -0.576. The van der Waals surface area contributed by atoms with Crippen LogP contribution in [0, 0.1) is 11.3 Å². The largest absolute Gasteiger partial charge is 0.387 e. The molecule has 1 fully saturated rings. The summed E-state index contributed by atoms with van der Waals surface area (Å²) in [6.45, 7) is 6.26. The number of fused-ring (bicyclic) bond motifs is 2. The van der Waals surface area contributed by atoms with Gasteiger partial charge in [-0.2, -0.15) is 5.10 Å². The summed E-state index contributed by atoms with van der Waals surface area (Å²) in [4.78, 5) is 68.9. The first-order valence-electron chi connectivity index (χ1n) is 22.7. The van der Waals surface area contributed by atoms with Crippen LogP contribution in [0.15, 0.2) is 48.2 Å². The van der Waals surface area contributed by atoms with Crippen LogP contribution in [-0.4, -0.2) is 106 Å². The van der Waals surface area contributed by atoms with E-state index in [1.807, 2.05) is 30.5 Å². The Kier molecular flexibility index (Phi) is 17.9. The lowest BCUT2D eigenvalue weighted by molar-refractivity contribution is -0.133. The fraction of sp³-hybridized carbons (Fsp3) is 0.521. The number of allylic oxidation sites excluding steroid dienone is 1. The highest BCUT2D eigenvalue weighted by Gasteiger charge is 2.37. The van der Waals surface area contributed by atoms with Gasteiger partial charge in [0.1, 0.15) is 18.9 Å². The smallest absolute Gasteiger partial charge is 0.248 e. The van der Waals surface area contributed by atoms with E-state index in [9.17, 15) is 29.1 Å². The second-order valence-corrected chi connectivity index (χ2v) is 19.2. The Bertz CT molecular complexity index is 2260. The summed E-state index contributed by atoms with van der Waals surface area (Å²) >= 11 is 14.7. The standard InChI is InChI=1S/C48H61Cl2N7O6S/c1-32(2)12-11-15-41(61)55-26-27-57(42(62)30-55)44-19-18-34(64-44)17-16-33(59)13-9-7-5-3-4-6-8-10-14-40(60)52-22-25-56-24-21-39(53-56)36-28-38(49)47(50)46-45(36)37-29-54(43(63)31-58)23-20-35(37)48(46)51/h11,15,18-19,21,24,28,32,51,58H,3-10,12-14,16-17,20,22-23,25-27,29-31H2,1-2H3,(H,52,60)/b15-11+,51-48?. The lowest BCUT2D eigenvalue weighted by Crippen LogP contribution is -2.51. The number of halogens is 2. The Balaban J connectivity index is 0.799. The average molecular weight is 935 g/mol. The second-order valence-electron chi connectivity index (χ2n) is 17.3. The van der Waals surface area contributed by atoms with E-state index in [-0.39, 0.29) is 42.5 Å². The van der Waals surface area contributed by atoms with Crippen molar-refractivity contribution in [3.8, 4) is 11.3 Å². The minimum Gasteiger partial charge on any atom is -0.387 e. The zero-order valence-corrected chi connectivity index (χ0v) is 39.4. The van der Waals surface area contributed by atoms with Crippen molar-refractivity contribution in [2.45, 2.75) is 110 Å². The molecule has 16 heteroatoms. The zero-order valence-electron chi connectivity index (χ0n) is 37.1. The van der Waals surface area contributed by atoms with Crippen molar-refractivity contribution >= 4 is 80.2 Å². The molecule has 1 saturated heterocycles. The molecule has 0 atom stereocenters. The number of hydrogen-bond donors (Lipinski definition) is 3. The van der Waals surface area contributed by atoms with Crippen LogP contribution in [0.5, 0.6) is 0 Å². The monoisotopic (exact) mass is 933 g/mol. The number of hydrogen-bond acceptors (Lipinski definition) is 9. The first-order chi connectivity index (χ1) is 30.8. The molecule has 0 spiro atoms. The molecule has 3 aromatic rings. The van der Waals surface area contributed by atoms with E-state index in [0.717, 1.165) is 89.9 Å². The van der Waals surface area contributed by atoms with Gasteiger partial charge < -0.3 is 25.1 Å². The van der Waals surface area contributed by atoms with Crippen molar-refractivity contribution in [2.75, 3.05) is 50.8 Å². The maximum absolute atomic E-state index is 12.9. The van der Waals surface area contributed by atoms with Gasteiger partial charge in [-0.05, 0) is 79.5 Å². The Morgan fingerprint density at radius 3 is 2.36 bits per heavy atom. The summed E-state index contributed by atoms with van der Waals surface area (Å²) in [6.07, 6.45) is 17.0. The SMILES string of the molecule is CC(C)C/C=C/C(=O)N1CCN(c2ccc(CCC(=O)CCCCCCCCCCC(=O)NCCn3ccc(-c4cc(Cl)c(Cl)c5c4C4=C(CCN(C(=O)CO)C4)C5=N)n3)s2)C(=O)C1. The van der Waals surface area contributed by atoms with Crippen LogP contribution in [-0.2, 0) is 36.9 Å². The van der Waals surface area contributed by atoms with Crippen LogP contribution in [0.2, 0.25) is 10.0 Å². The predicted octanol–water partition coefficient (Wildman–Crippen LogP) is 8.27. The third-order valence-corrected chi connectivity index (χ3v) is 14.0. The van der Waals surface area contributed by atoms with E-state index in [4.69, 9.17) is 33.7 Å². The maximum atomic E-state index is 12.9. The van der Waals surface area contributed by atoms with Crippen LogP contribution in [0.1, 0.15) is 113 Å². The highest BCUT2D eigenvalue weighted by Crippen LogP contribution is 2.47. The zero-order chi connectivity index (χ0) is 45.8. The third-order valence-electron chi connectivity index (χ3n) is 12.1. The highest BCUT2D eigenvalue weighted by atomic mass is 35.5. The van der Waals surface area contributed by atoms with Gasteiger partial charge in [-0.1, -0.05) is 81.7 Å². The Labute approximate surface area is 390 Å². The number of carbonyl (C=O) groups excluding carboxylic acids is 5. The molecule has 0 unspecified atom stereocenters. The van der Waals surface area contributed by atoms with Crippen molar-refractivity contribution in [3.05, 3.63) is 74.2 Å². The van der Waals surface area contributed by atoms with Crippen LogP contribution < -0.4 is 10.2 Å². The number of rotatable bonds is 23. The van der Waals surface area contributed by atoms with Gasteiger partial charge >= 0.3 is 0 Å². The number of thiophene rings is 1. The number of nitrogens with one attached hydrogen (secondary N) is 2. The van der Waals surface area contributed by atoms with Gasteiger partial charge in [0, 0.05) is 79.8 Å². The molecule has 13 nitrogen and oxygen atoms in total. The summed E-state index contributed by atoms with van der Waals surface area (Å²) in [7, 11) is 0. The van der Waals surface area contributed by atoms with E-state index < -0.39 is 6.61 Å². The van der Waals surface area contributed by atoms with Gasteiger partial charge in [-0.15, -0.1) is 11.3 Å². The number of aliphatic hydroxyl groups is 1. The average Bonchev–Trinajstić information content (AvgIpc) is 4.02. The molecule has 0 radical (unpaired) electrons. The molecule has 2 aromatic heterocycles. The van der Waals surface area contributed by atoms with Gasteiger partial charge in [-0.25, -0.2) is 0 Å². The van der Waals surface area contributed by atoms with Gasteiger partial charge in [0.25, 0.3) is 0 Å². The normalized spacial score (nSPS) is 15.2. The van der Waals surface area contributed by atoms with Crippen LogP contribution in [0.3, 0.4) is 0 Å².